The van der Waals surface area contributed by atoms with E-state index in [-0.39, 0.29) is 18.6 Å². The van der Waals surface area contributed by atoms with Gasteiger partial charge >= 0.3 is 0 Å². The van der Waals surface area contributed by atoms with Gasteiger partial charge in [-0.05, 0) is 42.7 Å². The molecular formula is C16H19N3O2. The van der Waals surface area contributed by atoms with Crippen LogP contribution in [0.15, 0.2) is 36.7 Å². The van der Waals surface area contributed by atoms with E-state index in [9.17, 15) is 4.79 Å². The van der Waals surface area contributed by atoms with Crippen molar-refractivity contribution in [3.05, 3.63) is 59.2 Å². The van der Waals surface area contributed by atoms with Gasteiger partial charge < -0.3 is 10.4 Å². The minimum Gasteiger partial charge on any atom is -0.392 e. The summed E-state index contributed by atoms with van der Waals surface area (Å²) >= 11 is 0. The molecule has 2 N–H and O–H groups in total. The van der Waals surface area contributed by atoms with E-state index in [1.165, 1.54) is 6.20 Å². The third-order valence-electron chi connectivity index (χ3n) is 3.24. The predicted molar refractivity (Wildman–Crippen MR) is 79.6 cm³/mol. The Hall–Kier alpha value is -2.27. The number of aliphatic hydroxyl groups is 1. The van der Waals surface area contributed by atoms with E-state index in [2.05, 4.69) is 15.3 Å². The topological polar surface area (TPSA) is 75.1 Å². The molecule has 1 amide bonds. The van der Waals surface area contributed by atoms with Crippen molar-refractivity contribution in [2.75, 3.05) is 0 Å². The molecule has 2 rings (SSSR count). The van der Waals surface area contributed by atoms with Gasteiger partial charge in [0.15, 0.2) is 0 Å². The summed E-state index contributed by atoms with van der Waals surface area (Å²) in [6.07, 6.45) is 4.04. The fraction of sp³-hybridized carbons (Fsp3) is 0.312. The lowest BCUT2D eigenvalue weighted by Gasteiger charge is -2.16. The van der Waals surface area contributed by atoms with Gasteiger partial charge in [0, 0.05) is 12.4 Å². The van der Waals surface area contributed by atoms with Crippen molar-refractivity contribution >= 4 is 5.91 Å². The molecule has 0 bridgehead atoms. The van der Waals surface area contributed by atoms with Gasteiger partial charge in [0.2, 0.25) is 0 Å². The largest absolute Gasteiger partial charge is 0.392 e. The van der Waals surface area contributed by atoms with Crippen LogP contribution < -0.4 is 5.32 Å². The van der Waals surface area contributed by atoms with E-state index >= 15 is 0 Å². The number of aliphatic hydroxyl groups excluding tert-OH is 1. The second-order valence-corrected chi connectivity index (χ2v) is 4.90. The lowest BCUT2D eigenvalue weighted by molar-refractivity contribution is 0.0929. The molecule has 0 aromatic carbocycles. The highest BCUT2D eigenvalue weighted by molar-refractivity contribution is 5.92. The number of aromatic nitrogens is 2. The first kappa shape index (κ1) is 15.1. The van der Waals surface area contributed by atoms with Crippen LogP contribution in [0.3, 0.4) is 0 Å². The Balaban J connectivity index is 2.14. The molecule has 1 atom stereocenters. The fourth-order valence-electron chi connectivity index (χ4n) is 2.00. The van der Waals surface area contributed by atoms with Crippen molar-refractivity contribution in [3.8, 4) is 0 Å². The Morgan fingerprint density at radius 3 is 2.76 bits per heavy atom. The molecule has 21 heavy (non-hydrogen) atoms. The quantitative estimate of drug-likeness (QED) is 0.882. The van der Waals surface area contributed by atoms with Crippen molar-refractivity contribution in [3.63, 3.8) is 0 Å². The SMILES string of the molecule is CC[C@H](NC(=O)c1cc(CO)ccn1)c1ccc(C)cn1. The number of aryl methyl sites for hydroxylation is 1. The van der Waals surface area contributed by atoms with Gasteiger partial charge in [-0.2, -0.15) is 0 Å². The van der Waals surface area contributed by atoms with E-state index in [4.69, 9.17) is 5.11 Å². The molecule has 0 aliphatic rings. The number of nitrogens with zero attached hydrogens (tertiary/aromatic N) is 2. The second kappa shape index (κ2) is 6.95. The monoisotopic (exact) mass is 285 g/mol. The van der Waals surface area contributed by atoms with Gasteiger partial charge in [-0.15, -0.1) is 0 Å². The van der Waals surface area contributed by atoms with Crippen LogP contribution in [0.25, 0.3) is 0 Å². The van der Waals surface area contributed by atoms with Crippen molar-refractivity contribution in [1.82, 2.24) is 15.3 Å². The lowest BCUT2D eigenvalue weighted by atomic mass is 10.1. The van der Waals surface area contributed by atoms with Gasteiger partial charge in [0.1, 0.15) is 5.69 Å². The molecular weight excluding hydrogens is 266 g/mol. The van der Waals surface area contributed by atoms with Crippen LogP contribution in [0.1, 0.15) is 46.7 Å². The molecule has 2 aromatic heterocycles. The maximum atomic E-state index is 12.2. The first-order valence-electron chi connectivity index (χ1n) is 6.93. The zero-order valence-corrected chi connectivity index (χ0v) is 12.2. The van der Waals surface area contributed by atoms with Crippen molar-refractivity contribution < 1.29 is 9.90 Å². The summed E-state index contributed by atoms with van der Waals surface area (Å²) in [5.41, 5.74) is 2.87. The minimum absolute atomic E-state index is 0.112. The van der Waals surface area contributed by atoms with E-state index in [0.29, 0.717) is 11.3 Å². The van der Waals surface area contributed by atoms with Gasteiger partial charge in [-0.3, -0.25) is 14.8 Å². The van der Waals surface area contributed by atoms with E-state index in [0.717, 1.165) is 17.7 Å². The molecule has 5 heteroatoms. The number of amides is 1. The zero-order valence-electron chi connectivity index (χ0n) is 12.2. The molecule has 0 fully saturated rings. The highest BCUT2D eigenvalue weighted by atomic mass is 16.3. The maximum absolute atomic E-state index is 12.2. The molecule has 0 saturated heterocycles. The molecule has 5 nitrogen and oxygen atoms in total. The third-order valence-corrected chi connectivity index (χ3v) is 3.24. The first-order chi connectivity index (χ1) is 10.1. The van der Waals surface area contributed by atoms with Crippen LogP contribution in [-0.2, 0) is 6.61 Å². The van der Waals surface area contributed by atoms with Crippen LogP contribution >= 0.6 is 0 Å². The van der Waals surface area contributed by atoms with Crippen molar-refractivity contribution in [2.45, 2.75) is 32.9 Å². The molecule has 0 radical (unpaired) electrons. The van der Waals surface area contributed by atoms with Crippen LogP contribution in [0, 0.1) is 6.92 Å². The highest BCUT2D eigenvalue weighted by Crippen LogP contribution is 2.15. The summed E-state index contributed by atoms with van der Waals surface area (Å²) < 4.78 is 0. The zero-order chi connectivity index (χ0) is 15.2. The lowest BCUT2D eigenvalue weighted by Crippen LogP contribution is -2.29. The Morgan fingerprint density at radius 2 is 2.14 bits per heavy atom. The molecule has 0 spiro atoms. The molecule has 0 unspecified atom stereocenters. The van der Waals surface area contributed by atoms with Crippen LogP contribution in [-0.4, -0.2) is 21.0 Å². The smallest absolute Gasteiger partial charge is 0.270 e. The summed E-state index contributed by atoms with van der Waals surface area (Å²) in [7, 11) is 0. The molecule has 2 heterocycles. The normalized spacial score (nSPS) is 12.0. The first-order valence-corrected chi connectivity index (χ1v) is 6.93. The number of hydrogen-bond donors (Lipinski definition) is 2. The fourth-order valence-corrected chi connectivity index (χ4v) is 2.00. The maximum Gasteiger partial charge on any atom is 0.270 e. The van der Waals surface area contributed by atoms with Crippen molar-refractivity contribution in [2.24, 2.45) is 0 Å². The number of carbonyl (C=O) groups is 1. The second-order valence-electron chi connectivity index (χ2n) is 4.90. The van der Waals surface area contributed by atoms with Gasteiger partial charge in [-0.25, -0.2) is 0 Å². The van der Waals surface area contributed by atoms with Gasteiger partial charge in [0.25, 0.3) is 5.91 Å². The van der Waals surface area contributed by atoms with Gasteiger partial charge in [0.05, 0.1) is 18.3 Å². The van der Waals surface area contributed by atoms with E-state index < -0.39 is 0 Å². The average Bonchev–Trinajstić information content (AvgIpc) is 2.53. The third kappa shape index (κ3) is 3.86. The molecule has 2 aromatic rings. The molecule has 110 valence electrons. The number of pyridine rings is 2. The predicted octanol–water partition coefficient (Wildman–Crippen LogP) is 2.16. The van der Waals surface area contributed by atoms with Crippen molar-refractivity contribution in [1.29, 1.82) is 0 Å². The van der Waals surface area contributed by atoms with Gasteiger partial charge in [-0.1, -0.05) is 13.0 Å². The Labute approximate surface area is 124 Å². The summed E-state index contributed by atoms with van der Waals surface area (Å²) in [6.45, 7) is 3.85. The van der Waals surface area contributed by atoms with Crippen LogP contribution in [0.4, 0.5) is 0 Å². The molecule has 0 saturated carbocycles. The Bertz CT molecular complexity index is 611. The van der Waals surface area contributed by atoms with Crippen LogP contribution in [0.2, 0.25) is 0 Å². The number of hydrogen-bond acceptors (Lipinski definition) is 4. The summed E-state index contributed by atoms with van der Waals surface area (Å²) in [6, 6.07) is 7.00. The van der Waals surface area contributed by atoms with E-state index in [1.807, 2.05) is 26.0 Å². The molecule has 0 aliphatic heterocycles. The number of nitrogens with one attached hydrogen (secondary N) is 1. The Morgan fingerprint density at radius 1 is 1.33 bits per heavy atom. The minimum atomic E-state index is -0.264. The molecule has 0 aliphatic carbocycles. The standard InChI is InChI=1S/C16H19N3O2/c1-3-13(14-5-4-11(2)9-18-14)19-16(21)15-8-12(10-20)6-7-17-15/h4-9,13,20H,3,10H2,1-2H3,(H,19,21)/t13-/m0/s1. The highest BCUT2D eigenvalue weighted by Gasteiger charge is 2.16. The summed E-state index contributed by atoms with van der Waals surface area (Å²) in [4.78, 5) is 20.6. The summed E-state index contributed by atoms with van der Waals surface area (Å²) in [5.74, 6) is -0.264. The average molecular weight is 285 g/mol. The Kier molecular flexibility index (Phi) is 5.00. The summed E-state index contributed by atoms with van der Waals surface area (Å²) in [5, 5.41) is 12.0. The number of rotatable bonds is 5. The number of carbonyl (C=O) groups excluding carboxylic acids is 1. The van der Waals surface area contributed by atoms with E-state index in [1.54, 1.807) is 18.3 Å². The van der Waals surface area contributed by atoms with Crippen LogP contribution in [0.5, 0.6) is 0 Å².